The summed E-state index contributed by atoms with van der Waals surface area (Å²) in [5, 5.41) is 0. The smallest absolute Gasteiger partial charge is 0.211 e. The number of nitrogens with zero attached hydrogens (tertiary/aromatic N) is 2. The lowest BCUT2D eigenvalue weighted by Crippen LogP contribution is -2.39. The van der Waals surface area contributed by atoms with E-state index in [-0.39, 0.29) is 16.6 Å². The second kappa shape index (κ2) is 9.32. The number of piperidine rings is 1. The van der Waals surface area contributed by atoms with Gasteiger partial charge in [-0.3, -0.25) is 4.90 Å². The first kappa shape index (κ1) is 24.1. The van der Waals surface area contributed by atoms with Gasteiger partial charge in [-0.2, -0.15) is 0 Å². The molecule has 0 aliphatic carbocycles. The molecule has 10 heteroatoms. The van der Waals surface area contributed by atoms with E-state index in [0.717, 1.165) is 17.4 Å². The third-order valence-electron chi connectivity index (χ3n) is 6.32. The molecule has 2 heterocycles. The number of benzene rings is 2. The molecule has 33 heavy (non-hydrogen) atoms. The maximum atomic E-state index is 14.0. The average Bonchev–Trinajstić information content (AvgIpc) is 3.16. The second-order valence-corrected chi connectivity index (χ2v) is 13.0. The van der Waals surface area contributed by atoms with Crippen LogP contribution in [-0.4, -0.2) is 58.2 Å². The van der Waals surface area contributed by atoms with E-state index in [0.29, 0.717) is 63.5 Å². The molecule has 0 N–H and O–H groups in total. The minimum absolute atomic E-state index is 0.136. The van der Waals surface area contributed by atoms with E-state index in [1.807, 2.05) is 12.1 Å². The van der Waals surface area contributed by atoms with Crippen molar-refractivity contribution in [1.82, 2.24) is 9.21 Å². The predicted octanol–water partition coefficient (Wildman–Crippen LogP) is 2.80. The Labute approximate surface area is 195 Å². The van der Waals surface area contributed by atoms with Crippen LogP contribution < -0.4 is 4.74 Å². The first-order chi connectivity index (χ1) is 15.5. The Morgan fingerprint density at radius 3 is 2.39 bits per heavy atom. The number of hydrogen-bond acceptors (Lipinski definition) is 6. The zero-order chi connectivity index (χ0) is 23.8. The lowest BCUT2D eigenvalue weighted by Gasteiger charge is -2.30. The number of ether oxygens (including phenoxy) is 1. The summed E-state index contributed by atoms with van der Waals surface area (Å²) in [4.78, 5) is 2.21. The van der Waals surface area contributed by atoms with Crippen molar-refractivity contribution in [2.75, 3.05) is 32.2 Å². The lowest BCUT2D eigenvalue weighted by atomic mass is 9.99. The Bertz CT molecular complexity index is 1240. The summed E-state index contributed by atoms with van der Waals surface area (Å²) in [6.45, 7) is 2.83. The summed E-state index contributed by atoms with van der Waals surface area (Å²) in [6, 6.07) is 10.2. The predicted molar refractivity (Wildman–Crippen MR) is 124 cm³/mol. The average molecular weight is 497 g/mol. The largest absolute Gasteiger partial charge is 0.492 e. The van der Waals surface area contributed by atoms with Gasteiger partial charge in [0.1, 0.15) is 16.5 Å². The summed E-state index contributed by atoms with van der Waals surface area (Å²) < 4.78 is 69.7. The molecule has 1 saturated heterocycles. The Morgan fingerprint density at radius 2 is 1.76 bits per heavy atom. The Kier molecular flexibility index (Phi) is 6.82. The van der Waals surface area contributed by atoms with Crippen molar-refractivity contribution in [2.45, 2.75) is 37.4 Å². The molecule has 0 atom stereocenters. The van der Waals surface area contributed by atoms with Crippen molar-refractivity contribution in [3.8, 4) is 5.75 Å². The van der Waals surface area contributed by atoms with Crippen LogP contribution >= 0.6 is 0 Å². The van der Waals surface area contributed by atoms with Gasteiger partial charge in [0.05, 0.1) is 12.9 Å². The normalized spacial score (nSPS) is 18.4. The van der Waals surface area contributed by atoms with Gasteiger partial charge in [-0.25, -0.2) is 25.5 Å². The van der Waals surface area contributed by atoms with Crippen molar-refractivity contribution in [2.24, 2.45) is 5.92 Å². The molecule has 0 aromatic heterocycles. The zero-order valence-corrected chi connectivity index (χ0v) is 20.5. The quantitative estimate of drug-likeness (QED) is 0.586. The van der Waals surface area contributed by atoms with Crippen molar-refractivity contribution in [3.63, 3.8) is 0 Å². The van der Waals surface area contributed by atoms with E-state index < -0.39 is 19.9 Å². The molecule has 4 rings (SSSR count). The molecule has 0 spiro atoms. The second-order valence-electron chi connectivity index (χ2n) is 8.99. The van der Waals surface area contributed by atoms with Crippen molar-refractivity contribution >= 4 is 19.9 Å². The number of halogens is 1. The Hall–Kier alpha value is -2.01. The molecule has 180 valence electrons. The summed E-state index contributed by atoms with van der Waals surface area (Å²) in [5.74, 6) is 0.258. The summed E-state index contributed by atoms with van der Waals surface area (Å²) in [6.07, 6.45) is 3.71. The van der Waals surface area contributed by atoms with Crippen LogP contribution in [0.5, 0.6) is 5.75 Å². The molecular formula is C23H29FN2O5S2. The number of hydrogen-bond donors (Lipinski definition) is 0. The van der Waals surface area contributed by atoms with Crippen molar-refractivity contribution in [3.05, 3.63) is 58.9 Å². The van der Waals surface area contributed by atoms with E-state index in [1.54, 1.807) is 18.2 Å². The summed E-state index contributed by atoms with van der Waals surface area (Å²) in [5.41, 5.74) is 2.47. The van der Waals surface area contributed by atoms with Crippen LogP contribution in [0, 0.1) is 11.7 Å². The molecule has 0 radical (unpaired) electrons. The highest BCUT2D eigenvalue weighted by Gasteiger charge is 2.26. The number of sulfone groups is 1. The number of fused-ring (bicyclic) bond motifs is 1. The van der Waals surface area contributed by atoms with Gasteiger partial charge in [-0.1, -0.05) is 18.2 Å². The van der Waals surface area contributed by atoms with Crippen molar-refractivity contribution < 1.29 is 26.0 Å². The fraction of sp³-hybridized carbons (Fsp3) is 0.478. The Morgan fingerprint density at radius 1 is 1.03 bits per heavy atom. The highest BCUT2D eigenvalue weighted by molar-refractivity contribution is 7.90. The molecule has 0 unspecified atom stereocenters. The van der Waals surface area contributed by atoms with Crippen LogP contribution in [0.1, 0.15) is 29.5 Å². The highest BCUT2D eigenvalue weighted by Crippen LogP contribution is 2.30. The van der Waals surface area contributed by atoms with E-state index in [1.165, 1.54) is 16.6 Å². The topological polar surface area (TPSA) is 84.0 Å². The molecule has 0 bridgehead atoms. The SMILES string of the molecule is CS(=O)(=O)c1cc(CN2Cc3cccc(F)c3C2)ccc1OCC1CCN(S(C)(=O)=O)CC1. The molecule has 2 aromatic carbocycles. The van der Waals surface area contributed by atoms with Gasteiger partial charge in [0.2, 0.25) is 10.0 Å². The third kappa shape index (κ3) is 5.74. The van der Waals surface area contributed by atoms with Crippen LogP contribution in [-0.2, 0) is 39.5 Å². The molecule has 2 aliphatic rings. The third-order valence-corrected chi connectivity index (χ3v) is 8.74. The van der Waals surface area contributed by atoms with E-state index in [4.69, 9.17) is 4.74 Å². The Balaban J connectivity index is 1.42. The number of rotatable bonds is 7. The van der Waals surface area contributed by atoms with Gasteiger partial charge in [0.25, 0.3) is 0 Å². The monoisotopic (exact) mass is 496 g/mol. The standard InChI is InChI=1S/C23H29FN2O5S2/c1-32(27,28)23-12-18(13-25-14-19-4-3-5-21(24)20(19)15-25)6-7-22(23)31-16-17-8-10-26(11-9-17)33(2,29)30/h3-7,12,17H,8-11,13-16H2,1-2H3. The van der Waals surface area contributed by atoms with Crippen LogP contribution in [0.3, 0.4) is 0 Å². The maximum absolute atomic E-state index is 14.0. The van der Waals surface area contributed by atoms with E-state index >= 15 is 0 Å². The molecule has 0 amide bonds. The fourth-order valence-corrected chi connectivity index (χ4v) is 6.23. The molecule has 7 nitrogen and oxygen atoms in total. The van der Waals surface area contributed by atoms with E-state index in [2.05, 4.69) is 4.90 Å². The van der Waals surface area contributed by atoms with Crippen LogP contribution in [0.25, 0.3) is 0 Å². The first-order valence-corrected chi connectivity index (χ1v) is 14.6. The highest BCUT2D eigenvalue weighted by atomic mass is 32.2. The first-order valence-electron chi connectivity index (χ1n) is 10.9. The molecule has 0 saturated carbocycles. The zero-order valence-electron chi connectivity index (χ0n) is 18.8. The maximum Gasteiger partial charge on any atom is 0.211 e. The molecular weight excluding hydrogens is 467 g/mol. The fourth-order valence-electron chi connectivity index (χ4n) is 4.49. The van der Waals surface area contributed by atoms with Crippen molar-refractivity contribution in [1.29, 1.82) is 0 Å². The van der Waals surface area contributed by atoms with Gasteiger partial charge < -0.3 is 4.74 Å². The van der Waals surface area contributed by atoms with Gasteiger partial charge in [0, 0.05) is 44.5 Å². The summed E-state index contributed by atoms with van der Waals surface area (Å²) >= 11 is 0. The molecule has 2 aromatic rings. The number of sulfonamides is 1. The van der Waals surface area contributed by atoms with Crippen LogP contribution in [0.2, 0.25) is 0 Å². The van der Waals surface area contributed by atoms with Gasteiger partial charge >= 0.3 is 0 Å². The summed E-state index contributed by atoms with van der Waals surface area (Å²) in [7, 11) is -6.71. The minimum atomic E-state index is -3.52. The molecule has 1 fully saturated rings. The van der Waals surface area contributed by atoms with Crippen LogP contribution in [0.4, 0.5) is 4.39 Å². The lowest BCUT2D eigenvalue weighted by molar-refractivity contribution is 0.183. The molecule has 2 aliphatic heterocycles. The van der Waals surface area contributed by atoms with Gasteiger partial charge in [-0.15, -0.1) is 0 Å². The van der Waals surface area contributed by atoms with Gasteiger partial charge in [0.15, 0.2) is 9.84 Å². The van der Waals surface area contributed by atoms with Gasteiger partial charge in [-0.05, 0) is 48.1 Å². The minimum Gasteiger partial charge on any atom is -0.492 e. The van der Waals surface area contributed by atoms with Crippen LogP contribution in [0.15, 0.2) is 41.3 Å². The van der Waals surface area contributed by atoms with E-state index in [9.17, 15) is 21.2 Å².